The summed E-state index contributed by atoms with van der Waals surface area (Å²) in [5.41, 5.74) is 0.899. The predicted molar refractivity (Wildman–Crippen MR) is 82.3 cm³/mol. The van der Waals surface area contributed by atoms with Gasteiger partial charge in [0.15, 0.2) is 0 Å². The van der Waals surface area contributed by atoms with Gasteiger partial charge in [-0.3, -0.25) is 0 Å². The molecular weight excluding hydrogens is 272 g/mol. The lowest BCUT2D eigenvalue weighted by atomic mass is 9.95. The zero-order valence-corrected chi connectivity index (χ0v) is 13.8. The molecule has 114 valence electrons. The lowest BCUT2D eigenvalue weighted by molar-refractivity contribution is -0.112. The van der Waals surface area contributed by atoms with Gasteiger partial charge in [0.1, 0.15) is 10.6 Å². The van der Waals surface area contributed by atoms with Crippen molar-refractivity contribution in [1.29, 1.82) is 0 Å². The van der Waals surface area contributed by atoms with Gasteiger partial charge in [-0.05, 0) is 27.3 Å². The van der Waals surface area contributed by atoms with E-state index in [9.17, 15) is 0 Å². The van der Waals surface area contributed by atoms with E-state index in [0.29, 0.717) is 6.04 Å². The molecule has 1 aliphatic heterocycles. The minimum absolute atomic E-state index is 0.230. The Labute approximate surface area is 125 Å². The molecule has 20 heavy (non-hydrogen) atoms. The summed E-state index contributed by atoms with van der Waals surface area (Å²) in [6, 6.07) is 0.352. The average molecular weight is 298 g/mol. The van der Waals surface area contributed by atoms with Crippen molar-refractivity contribution in [2.75, 3.05) is 26.4 Å². The van der Waals surface area contributed by atoms with Crippen LogP contribution in [0.15, 0.2) is 0 Å². The minimum Gasteiger partial charge on any atom is -0.381 e. The highest BCUT2D eigenvalue weighted by atomic mass is 32.1. The summed E-state index contributed by atoms with van der Waals surface area (Å²) in [4.78, 5) is 6.15. The summed E-state index contributed by atoms with van der Waals surface area (Å²) >= 11 is 1.80. The Morgan fingerprint density at radius 3 is 2.70 bits per heavy atom. The topological polar surface area (TPSA) is 43.4 Å². The first-order chi connectivity index (χ1) is 9.63. The van der Waals surface area contributed by atoms with Crippen LogP contribution in [0.25, 0.3) is 0 Å². The molecule has 1 aromatic rings. The lowest BCUT2D eigenvalue weighted by Crippen LogP contribution is -2.36. The number of rotatable bonds is 6. The van der Waals surface area contributed by atoms with E-state index in [4.69, 9.17) is 14.5 Å². The molecule has 2 heterocycles. The summed E-state index contributed by atoms with van der Waals surface area (Å²) < 4.78 is 11.6. The summed E-state index contributed by atoms with van der Waals surface area (Å²) in [6.07, 6.45) is 1.81. The quantitative estimate of drug-likeness (QED) is 0.876. The van der Waals surface area contributed by atoms with Crippen LogP contribution in [0.5, 0.6) is 0 Å². The van der Waals surface area contributed by atoms with Gasteiger partial charge in [-0.2, -0.15) is 0 Å². The van der Waals surface area contributed by atoms with E-state index in [1.54, 1.807) is 11.3 Å². The first kappa shape index (κ1) is 15.9. The summed E-state index contributed by atoms with van der Waals surface area (Å²) in [5, 5.41) is 4.59. The fourth-order valence-electron chi connectivity index (χ4n) is 2.80. The molecule has 0 spiro atoms. The Hall–Kier alpha value is -0.490. The Bertz CT molecular complexity index is 422. The maximum absolute atomic E-state index is 6.11. The molecule has 0 saturated carbocycles. The van der Waals surface area contributed by atoms with Gasteiger partial charge in [0.25, 0.3) is 0 Å². The Kier molecular flexibility index (Phi) is 5.55. The van der Waals surface area contributed by atoms with Crippen LogP contribution in [-0.4, -0.2) is 31.3 Å². The zero-order valence-electron chi connectivity index (χ0n) is 13.0. The predicted octanol–water partition coefficient (Wildman–Crippen LogP) is 3.16. The van der Waals surface area contributed by atoms with E-state index in [0.717, 1.165) is 49.9 Å². The van der Waals surface area contributed by atoms with E-state index in [-0.39, 0.29) is 5.60 Å². The first-order valence-corrected chi connectivity index (χ1v) is 8.37. The van der Waals surface area contributed by atoms with Crippen LogP contribution in [0.3, 0.4) is 0 Å². The van der Waals surface area contributed by atoms with Gasteiger partial charge in [-0.15, -0.1) is 11.3 Å². The molecule has 4 nitrogen and oxygen atoms in total. The standard InChI is InChI=1S/C15H26N2O2S/c1-5-16-11(3)13-12(4)17-14(20-13)15(19-6-2)7-9-18-10-8-15/h11,16H,5-10H2,1-4H3. The summed E-state index contributed by atoms with van der Waals surface area (Å²) in [5.74, 6) is 0. The second-order valence-corrected chi connectivity index (χ2v) is 6.32. The Morgan fingerprint density at radius 2 is 2.10 bits per heavy atom. The van der Waals surface area contributed by atoms with E-state index >= 15 is 0 Å². The molecule has 1 saturated heterocycles. The van der Waals surface area contributed by atoms with Crippen LogP contribution in [-0.2, 0) is 15.1 Å². The van der Waals surface area contributed by atoms with Gasteiger partial charge < -0.3 is 14.8 Å². The van der Waals surface area contributed by atoms with Crippen LogP contribution < -0.4 is 5.32 Å². The fourth-order valence-corrected chi connectivity index (χ4v) is 4.09. The zero-order chi connectivity index (χ0) is 14.6. The van der Waals surface area contributed by atoms with E-state index in [2.05, 4.69) is 33.0 Å². The number of thiazole rings is 1. The first-order valence-electron chi connectivity index (χ1n) is 7.56. The number of hydrogen-bond donors (Lipinski definition) is 1. The Morgan fingerprint density at radius 1 is 1.40 bits per heavy atom. The van der Waals surface area contributed by atoms with Gasteiger partial charge in [-0.1, -0.05) is 6.92 Å². The fraction of sp³-hybridized carbons (Fsp3) is 0.800. The monoisotopic (exact) mass is 298 g/mol. The van der Waals surface area contributed by atoms with Crippen LogP contribution in [0.2, 0.25) is 0 Å². The third-order valence-corrected chi connectivity index (χ3v) is 5.37. The van der Waals surface area contributed by atoms with Crippen molar-refractivity contribution in [3.63, 3.8) is 0 Å². The van der Waals surface area contributed by atoms with Gasteiger partial charge >= 0.3 is 0 Å². The number of aromatic nitrogens is 1. The molecule has 0 bridgehead atoms. The van der Waals surface area contributed by atoms with Crippen molar-refractivity contribution >= 4 is 11.3 Å². The largest absolute Gasteiger partial charge is 0.381 e. The number of ether oxygens (including phenoxy) is 2. The molecule has 1 unspecified atom stereocenters. The lowest BCUT2D eigenvalue weighted by Gasteiger charge is -2.35. The summed E-state index contributed by atoms with van der Waals surface area (Å²) in [6.45, 7) is 11.7. The maximum atomic E-state index is 6.11. The normalized spacial score (nSPS) is 20.0. The Balaban J connectivity index is 2.27. The van der Waals surface area contributed by atoms with Gasteiger partial charge in [0, 0.05) is 43.6 Å². The molecule has 0 aliphatic carbocycles. The highest BCUT2D eigenvalue weighted by molar-refractivity contribution is 7.12. The highest BCUT2D eigenvalue weighted by Gasteiger charge is 2.38. The van der Waals surface area contributed by atoms with Crippen LogP contribution in [0.4, 0.5) is 0 Å². The number of nitrogens with zero attached hydrogens (tertiary/aromatic N) is 1. The van der Waals surface area contributed by atoms with Crippen molar-refractivity contribution in [3.05, 3.63) is 15.6 Å². The van der Waals surface area contributed by atoms with E-state index in [1.807, 2.05) is 0 Å². The molecule has 1 aliphatic rings. The van der Waals surface area contributed by atoms with E-state index in [1.165, 1.54) is 4.88 Å². The number of hydrogen-bond acceptors (Lipinski definition) is 5. The van der Waals surface area contributed by atoms with Crippen molar-refractivity contribution in [2.45, 2.75) is 52.2 Å². The summed E-state index contributed by atoms with van der Waals surface area (Å²) in [7, 11) is 0. The van der Waals surface area contributed by atoms with E-state index < -0.39 is 0 Å². The van der Waals surface area contributed by atoms with Gasteiger partial charge in [0.2, 0.25) is 0 Å². The number of nitrogens with one attached hydrogen (secondary N) is 1. The van der Waals surface area contributed by atoms with Crippen molar-refractivity contribution in [2.24, 2.45) is 0 Å². The minimum atomic E-state index is -0.230. The third-order valence-electron chi connectivity index (χ3n) is 3.85. The van der Waals surface area contributed by atoms with Crippen molar-refractivity contribution in [3.8, 4) is 0 Å². The second kappa shape index (κ2) is 6.98. The van der Waals surface area contributed by atoms with Crippen molar-refractivity contribution in [1.82, 2.24) is 10.3 Å². The van der Waals surface area contributed by atoms with Crippen molar-refractivity contribution < 1.29 is 9.47 Å². The molecular formula is C15H26N2O2S. The highest BCUT2D eigenvalue weighted by Crippen LogP contribution is 2.40. The molecule has 5 heteroatoms. The third kappa shape index (κ3) is 3.22. The smallest absolute Gasteiger partial charge is 0.125 e. The molecule has 0 aromatic carbocycles. The van der Waals surface area contributed by atoms with Gasteiger partial charge in [0.05, 0.1) is 5.69 Å². The SMILES string of the molecule is CCNC(C)c1sc(C2(OCC)CCOCC2)nc1C. The molecule has 2 rings (SSSR count). The maximum Gasteiger partial charge on any atom is 0.125 e. The molecule has 0 amide bonds. The molecule has 1 fully saturated rings. The van der Waals surface area contributed by atoms with Crippen LogP contribution in [0, 0.1) is 6.92 Å². The number of aryl methyl sites for hydroxylation is 1. The van der Waals surface area contributed by atoms with Gasteiger partial charge in [-0.25, -0.2) is 4.98 Å². The molecule has 1 N–H and O–H groups in total. The second-order valence-electron chi connectivity index (χ2n) is 5.29. The van der Waals surface area contributed by atoms with Crippen LogP contribution in [0.1, 0.15) is 55.2 Å². The molecule has 1 aromatic heterocycles. The molecule has 1 atom stereocenters. The van der Waals surface area contributed by atoms with Crippen LogP contribution >= 0.6 is 11.3 Å². The average Bonchev–Trinajstić information content (AvgIpc) is 2.83. The molecule has 0 radical (unpaired) electrons.